The minimum atomic E-state index is 0.491. The first kappa shape index (κ1) is 12.0. The molecular weight excluding hydrogens is 190 g/mol. The van der Waals surface area contributed by atoms with E-state index in [1.54, 1.807) is 7.11 Å². The molecule has 0 aliphatic carbocycles. The van der Waals surface area contributed by atoms with Crippen molar-refractivity contribution in [3.8, 4) is 5.75 Å². The summed E-state index contributed by atoms with van der Waals surface area (Å²) in [5.41, 5.74) is 7.80. The number of methoxy groups -OCH3 is 1. The number of ether oxygens (including phenoxy) is 2. The van der Waals surface area contributed by atoms with E-state index in [1.165, 1.54) is 0 Å². The minimum absolute atomic E-state index is 0.491. The molecule has 3 heteroatoms. The van der Waals surface area contributed by atoms with Crippen molar-refractivity contribution in [1.29, 1.82) is 0 Å². The second kappa shape index (κ2) is 6.43. The molecule has 0 atom stereocenters. The molecule has 0 bridgehead atoms. The first-order chi connectivity index (χ1) is 7.31. The van der Waals surface area contributed by atoms with E-state index in [-0.39, 0.29) is 0 Å². The molecule has 0 aliphatic heterocycles. The molecule has 0 saturated heterocycles. The maximum absolute atomic E-state index is 5.63. The average Bonchev–Trinajstić information content (AvgIpc) is 2.29. The van der Waals surface area contributed by atoms with Crippen molar-refractivity contribution in [3.05, 3.63) is 29.3 Å². The Morgan fingerprint density at radius 1 is 1.33 bits per heavy atom. The van der Waals surface area contributed by atoms with E-state index in [1.807, 2.05) is 18.2 Å². The zero-order chi connectivity index (χ0) is 11.1. The monoisotopic (exact) mass is 209 g/mol. The molecule has 0 unspecified atom stereocenters. The lowest BCUT2D eigenvalue weighted by molar-refractivity contribution is 0.121. The summed E-state index contributed by atoms with van der Waals surface area (Å²) in [6.45, 7) is 4.03. The standard InChI is InChI=1S/C12H19NO2/c1-3-6-15-9-10-4-5-12(14-2)11(7-10)8-13/h4-5,7H,3,6,8-9,13H2,1-2H3. The van der Waals surface area contributed by atoms with Crippen molar-refractivity contribution in [2.45, 2.75) is 26.5 Å². The third kappa shape index (κ3) is 3.53. The first-order valence-electron chi connectivity index (χ1n) is 5.25. The molecular formula is C12H19NO2. The number of hydrogen-bond donors (Lipinski definition) is 1. The summed E-state index contributed by atoms with van der Waals surface area (Å²) in [6.07, 6.45) is 1.04. The Bertz CT molecular complexity index is 300. The molecule has 0 amide bonds. The third-order valence-corrected chi connectivity index (χ3v) is 2.18. The maximum Gasteiger partial charge on any atom is 0.123 e. The highest BCUT2D eigenvalue weighted by Crippen LogP contribution is 2.19. The molecule has 0 heterocycles. The highest BCUT2D eigenvalue weighted by Gasteiger charge is 2.02. The molecule has 1 aromatic rings. The van der Waals surface area contributed by atoms with Crippen LogP contribution in [0, 0.1) is 0 Å². The summed E-state index contributed by atoms with van der Waals surface area (Å²) in [4.78, 5) is 0. The molecule has 0 radical (unpaired) electrons. The quantitative estimate of drug-likeness (QED) is 0.729. The maximum atomic E-state index is 5.63. The lowest BCUT2D eigenvalue weighted by atomic mass is 10.1. The molecule has 1 rings (SSSR count). The van der Waals surface area contributed by atoms with E-state index in [4.69, 9.17) is 15.2 Å². The van der Waals surface area contributed by atoms with E-state index in [9.17, 15) is 0 Å². The van der Waals surface area contributed by atoms with Crippen LogP contribution in [0.3, 0.4) is 0 Å². The number of benzene rings is 1. The van der Waals surface area contributed by atoms with Crippen LogP contribution in [0.25, 0.3) is 0 Å². The van der Waals surface area contributed by atoms with Crippen LogP contribution >= 0.6 is 0 Å². The summed E-state index contributed by atoms with van der Waals surface area (Å²) in [5, 5.41) is 0. The van der Waals surface area contributed by atoms with Gasteiger partial charge in [-0.3, -0.25) is 0 Å². The SMILES string of the molecule is CCCOCc1ccc(OC)c(CN)c1. The lowest BCUT2D eigenvalue weighted by Gasteiger charge is -2.09. The lowest BCUT2D eigenvalue weighted by Crippen LogP contribution is -2.02. The Morgan fingerprint density at radius 3 is 2.73 bits per heavy atom. The van der Waals surface area contributed by atoms with Crippen LogP contribution in [0.4, 0.5) is 0 Å². The van der Waals surface area contributed by atoms with Crippen LogP contribution in [-0.4, -0.2) is 13.7 Å². The topological polar surface area (TPSA) is 44.5 Å². The molecule has 0 aliphatic rings. The Morgan fingerprint density at radius 2 is 2.13 bits per heavy atom. The summed E-state index contributed by atoms with van der Waals surface area (Å²) in [7, 11) is 1.65. The van der Waals surface area contributed by atoms with Crippen molar-refractivity contribution < 1.29 is 9.47 Å². The van der Waals surface area contributed by atoms with E-state index in [0.29, 0.717) is 13.2 Å². The van der Waals surface area contributed by atoms with Gasteiger partial charge in [0.15, 0.2) is 0 Å². The fraction of sp³-hybridized carbons (Fsp3) is 0.500. The van der Waals surface area contributed by atoms with E-state index in [0.717, 1.165) is 29.9 Å². The molecule has 0 aromatic heterocycles. The number of rotatable bonds is 6. The fourth-order valence-corrected chi connectivity index (χ4v) is 1.42. The Kier molecular flexibility index (Phi) is 5.15. The second-order valence-corrected chi connectivity index (χ2v) is 3.40. The molecule has 0 saturated carbocycles. The molecule has 15 heavy (non-hydrogen) atoms. The van der Waals surface area contributed by atoms with Crippen molar-refractivity contribution in [2.24, 2.45) is 5.73 Å². The summed E-state index contributed by atoms with van der Waals surface area (Å²) in [6, 6.07) is 5.98. The summed E-state index contributed by atoms with van der Waals surface area (Å²) >= 11 is 0. The zero-order valence-electron chi connectivity index (χ0n) is 9.45. The fourth-order valence-electron chi connectivity index (χ4n) is 1.42. The van der Waals surface area contributed by atoms with Crippen LogP contribution in [0.1, 0.15) is 24.5 Å². The van der Waals surface area contributed by atoms with Gasteiger partial charge in [-0.15, -0.1) is 0 Å². The van der Waals surface area contributed by atoms with Crippen LogP contribution in [0.15, 0.2) is 18.2 Å². The minimum Gasteiger partial charge on any atom is -0.496 e. The van der Waals surface area contributed by atoms with Gasteiger partial charge >= 0.3 is 0 Å². The normalized spacial score (nSPS) is 10.3. The first-order valence-corrected chi connectivity index (χ1v) is 5.25. The molecule has 84 valence electrons. The van der Waals surface area contributed by atoms with Gasteiger partial charge in [0.1, 0.15) is 5.75 Å². The highest BCUT2D eigenvalue weighted by atomic mass is 16.5. The zero-order valence-corrected chi connectivity index (χ0v) is 9.45. The predicted octanol–water partition coefficient (Wildman–Crippen LogP) is 2.08. The van der Waals surface area contributed by atoms with E-state index in [2.05, 4.69) is 6.92 Å². The Balaban J connectivity index is 2.66. The smallest absolute Gasteiger partial charge is 0.123 e. The van der Waals surface area contributed by atoms with Crippen molar-refractivity contribution in [2.75, 3.05) is 13.7 Å². The van der Waals surface area contributed by atoms with Crippen LogP contribution in [-0.2, 0) is 17.9 Å². The molecule has 1 aromatic carbocycles. The van der Waals surface area contributed by atoms with Crippen LogP contribution in [0.5, 0.6) is 5.75 Å². The van der Waals surface area contributed by atoms with Gasteiger partial charge in [-0.25, -0.2) is 0 Å². The molecule has 0 spiro atoms. The van der Waals surface area contributed by atoms with Crippen molar-refractivity contribution in [3.63, 3.8) is 0 Å². The Labute approximate surface area is 91.2 Å². The van der Waals surface area contributed by atoms with Gasteiger partial charge in [0.2, 0.25) is 0 Å². The third-order valence-electron chi connectivity index (χ3n) is 2.18. The number of hydrogen-bond acceptors (Lipinski definition) is 3. The predicted molar refractivity (Wildman–Crippen MR) is 60.8 cm³/mol. The van der Waals surface area contributed by atoms with Gasteiger partial charge in [-0.2, -0.15) is 0 Å². The van der Waals surface area contributed by atoms with Crippen molar-refractivity contribution >= 4 is 0 Å². The molecule has 2 N–H and O–H groups in total. The molecule has 3 nitrogen and oxygen atoms in total. The van der Waals surface area contributed by atoms with Gasteiger partial charge in [-0.05, 0) is 24.1 Å². The van der Waals surface area contributed by atoms with Gasteiger partial charge < -0.3 is 15.2 Å². The van der Waals surface area contributed by atoms with E-state index < -0.39 is 0 Å². The summed E-state index contributed by atoms with van der Waals surface area (Å²) in [5.74, 6) is 0.844. The van der Waals surface area contributed by atoms with Gasteiger partial charge in [-0.1, -0.05) is 13.0 Å². The van der Waals surface area contributed by atoms with Crippen molar-refractivity contribution in [1.82, 2.24) is 0 Å². The average molecular weight is 209 g/mol. The Hall–Kier alpha value is -1.06. The number of nitrogens with two attached hydrogens (primary N) is 1. The van der Waals surface area contributed by atoms with Crippen LogP contribution in [0.2, 0.25) is 0 Å². The molecule has 0 fully saturated rings. The van der Waals surface area contributed by atoms with Gasteiger partial charge in [0.25, 0.3) is 0 Å². The van der Waals surface area contributed by atoms with Gasteiger partial charge in [0.05, 0.1) is 13.7 Å². The largest absolute Gasteiger partial charge is 0.496 e. The van der Waals surface area contributed by atoms with Gasteiger partial charge in [0, 0.05) is 18.7 Å². The second-order valence-electron chi connectivity index (χ2n) is 3.40. The summed E-state index contributed by atoms with van der Waals surface area (Å²) < 4.78 is 10.7. The highest BCUT2D eigenvalue weighted by molar-refractivity contribution is 5.36. The van der Waals surface area contributed by atoms with Crippen LogP contribution < -0.4 is 10.5 Å². The van der Waals surface area contributed by atoms with E-state index >= 15 is 0 Å².